The minimum Gasteiger partial charge on any atom is -0.491 e. The van der Waals surface area contributed by atoms with Gasteiger partial charge in [0.05, 0.1) is 13.2 Å². The van der Waals surface area contributed by atoms with Crippen molar-refractivity contribution < 1.29 is 23.7 Å². The Hall–Kier alpha value is -2.52. The van der Waals surface area contributed by atoms with E-state index < -0.39 is 5.79 Å². The van der Waals surface area contributed by atoms with E-state index in [0.29, 0.717) is 19.8 Å². The first-order valence-electron chi connectivity index (χ1n) is 9.47. The van der Waals surface area contributed by atoms with Crippen LogP contribution in [0.4, 0.5) is 0 Å². The highest BCUT2D eigenvalue weighted by Gasteiger charge is 2.32. The minimum atomic E-state index is -0.524. The maximum Gasteiger partial charge on any atom is 0.163 e. The first-order chi connectivity index (χ1) is 13.6. The molecule has 0 unspecified atom stereocenters. The van der Waals surface area contributed by atoms with Gasteiger partial charge in [-0.15, -0.1) is 0 Å². The van der Waals surface area contributed by atoms with Crippen LogP contribution < -0.4 is 9.47 Å². The average molecular weight is 380 g/mol. The molecule has 0 saturated carbocycles. The first-order valence-corrected chi connectivity index (χ1v) is 9.47. The van der Waals surface area contributed by atoms with E-state index in [2.05, 4.69) is 11.8 Å². The summed E-state index contributed by atoms with van der Waals surface area (Å²) in [5.41, 5.74) is 1.87. The predicted octanol–water partition coefficient (Wildman–Crippen LogP) is 3.39. The van der Waals surface area contributed by atoms with Gasteiger partial charge in [-0.2, -0.15) is 0 Å². The second-order valence-corrected chi connectivity index (χ2v) is 7.33. The van der Waals surface area contributed by atoms with Crippen molar-refractivity contribution in [2.45, 2.75) is 31.8 Å². The highest BCUT2D eigenvalue weighted by molar-refractivity contribution is 5.45. The molecule has 2 fully saturated rings. The Bertz CT molecular complexity index is 841. The SMILES string of the molecule is CC1(C)OC[C@H](COc2ccc(C#Cc3ccc(OC[C@H]4CO4)cc3)cc2)O1. The summed E-state index contributed by atoms with van der Waals surface area (Å²) in [4.78, 5) is 0. The molecule has 146 valence electrons. The Balaban J connectivity index is 1.27. The molecule has 2 aliphatic rings. The van der Waals surface area contributed by atoms with E-state index in [1.165, 1.54) is 0 Å². The summed E-state index contributed by atoms with van der Waals surface area (Å²) in [6.45, 7) is 6.24. The van der Waals surface area contributed by atoms with Crippen molar-refractivity contribution >= 4 is 0 Å². The fourth-order valence-electron chi connectivity index (χ4n) is 2.80. The topological polar surface area (TPSA) is 49.5 Å². The molecule has 2 aromatic rings. The van der Waals surface area contributed by atoms with E-state index in [1.807, 2.05) is 62.4 Å². The highest BCUT2D eigenvalue weighted by Crippen LogP contribution is 2.23. The monoisotopic (exact) mass is 380 g/mol. The van der Waals surface area contributed by atoms with Gasteiger partial charge in [-0.3, -0.25) is 0 Å². The molecule has 0 N–H and O–H groups in total. The number of rotatable bonds is 6. The number of benzene rings is 2. The molecule has 2 saturated heterocycles. The summed E-state index contributed by atoms with van der Waals surface area (Å²) in [6, 6.07) is 15.5. The summed E-state index contributed by atoms with van der Waals surface area (Å²) in [7, 11) is 0. The predicted molar refractivity (Wildman–Crippen MR) is 104 cm³/mol. The summed E-state index contributed by atoms with van der Waals surface area (Å²) < 4.78 is 27.8. The molecular weight excluding hydrogens is 356 g/mol. The summed E-state index contributed by atoms with van der Waals surface area (Å²) in [6.07, 6.45) is 0.218. The molecule has 2 aliphatic heterocycles. The molecule has 0 spiro atoms. The first kappa shape index (κ1) is 18.8. The van der Waals surface area contributed by atoms with Crippen molar-refractivity contribution in [1.82, 2.24) is 0 Å². The van der Waals surface area contributed by atoms with Gasteiger partial charge in [-0.25, -0.2) is 0 Å². The van der Waals surface area contributed by atoms with Crippen molar-refractivity contribution in [3.63, 3.8) is 0 Å². The van der Waals surface area contributed by atoms with Crippen molar-refractivity contribution in [2.75, 3.05) is 26.4 Å². The Morgan fingerprint density at radius 1 is 0.821 bits per heavy atom. The Morgan fingerprint density at radius 3 is 1.75 bits per heavy atom. The van der Waals surface area contributed by atoms with Crippen LogP contribution in [0.5, 0.6) is 11.5 Å². The largest absolute Gasteiger partial charge is 0.491 e. The number of hydrogen-bond donors (Lipinski definition) is 0. The van der Waals surface area contributed by atoms with Gasteiger partial charge in [0.15, 0.2) is 5.79 Å². The van der Waals surface area contributed by atoms with Gasteiger partial charge in [0.25, 0.3) is 0 Å². The quantitative estimate of drug-likeness (QED) is 0.568. The smallest absolute Gasteiger partial charge is 0.163 e. The van der Waals surface area contributed by atoms with Crippen LogP contribution in [0.2, 0.25) is 0 Å². The molecule has 0 amide bonds. The van der Waals surface area contributed by atoms with Crippen LogP contribution in [0.15, 0.2) is 48.5 Å². The third kappa shape index (κ3) is 5.49. The Kier molecular flexibility index (Phi) is 5.54. The lowest BCUT2D eigenvalue weighted by atomic mass is 10.2. The number of epoxide rings is 1. The van der Waals surface area contributed by atoms with Crippen LogP contribution in [0.1, 0.15) is 25.0 Å². The molecule has 2 heterocycles. The van der Waals surface area contributed by atoms with Crippen molar-refractivity contribution in [3.8, 4) is 23.3 Å². The van der Waals surface area contributed by atoms with Gasteiger partial charge in [0.2, 0.25) is 0 Å². The zero-order chi connectivity index (χ0) is 19.4. The van der Waals surface area contributed by atoms with Gasteiger partial charge >= 0.3 is 0 Å². The molecule has 0 aliphatic carbocycles. The second-order valence-electron chi connectivity index (χ2n) is 7.33. The van der Waals surface area contributed by atoms with Crippen molar-refractivity contribution in [2.24, 2.45) is 0 Å². The maximum atomic E-state index is 5.78. The minimum absolute atomic E-state index is 0.0433. The molecule has 0 radical (unpaired) electrons. The fourth-order valence-corrected chi connectivity index (χ4v) is 2.80. The summed E-state index contributed by atoms with van der Waals surface area (Å²) in [5, 5.41) is 0. The third-order valence-electron chi connectivity index (χ3n) is 4.40. The van der Waals surface area contributed by atoms with E-state index in [0.717, 1.165) is 29.2 Å². The molecule has 0 aromatic heterocycles. The van der Waals surface area contributed by atoms with Crippen LogP contribution in [0.3, 0.4) is 0 Å². The van der Waals surface area contributed by atoms with Crippen LogP contribution in [-0.4, -0.2) is 44.4 Å². The van der Waals surface area contributed by atoms with Crippen molar-refractivity contribution in [3.05, 3.63) is 59.7 Å². The van der Waals surface area contributed by atoms with Crippen molar-refractivity contribution in [1.29, 1.82) is 0 Å². The van der Waals surface area contributed by atoms with Crippen LogP contribution in [-0.2, 0) is 14.2 Å². The lowest BCUT2D eigenvalue weighted by Crippen LogP contribution is -2.25. The molecule has 5 heteroatoms. The normalized spacial score (nSPS) is 22.2. The number of hydrogen-bond acceptors (Lipinski definition) is 5. The molecule has 2 aromatic carbocycles. The zero-order valence-electron chi connectivity index (χ0n) is 16.1. The third-order valence-corrected chi connectivity index (χ3v) is 4.40. The van der Waals surface area contributed by atoms with E-state index in [-0.39, 0.29) is 12.2 Å². The second kappa shape index (κ2) is 8.24. The van der Waals surface area contributed by atoms with Gasteiger partial charge in [0, 0.05) is 11.1 Å². The summed E-state index contributed by atoms with van der Waals surface area (Å²) >= 11 is 0. The zero-order valence-corrected chi connectivity index (χ0v) is 16.1. The van der Waals surface area contributed by atoms with E-state index >= 15 is 0 Å². The molecule has 5 nitrogen and oxygen atoms in total. The molecule has 0 bridgehead atoms. The Morgan fingerprint density at radius 2 is 1.32 bits per heavy atom. The van der Waals surface area contributed by atoms with Crippen LogP contribution in [0, 0.1) is 11.8 Å². The van der Waals surface area contributed by atoms with Crippen LogP contribution in [0.25, 0.3) is 0 Å². The van der Waals surface area contributed by atoms with Gasteiger partial charge in [0.1, 0.15) is 36.9 Å². The highest BCUT2D eigenvalue weighted by atomic mass is 16.7. The van der Waals surface area contributed by atoms with Gasteiger partial charge in [-0.05, 0) is 62.4 Å². The average Bonchev–Trinajstić information content (AvgIpc) is 3.47. The van der Waals surface area contributed by atoms with E-state index in [1.54, 1.807) is 0 Å². The van der Waals surface area contributed by atoms with Gasteiger partial charge < -0.3 is 23.7 Å². The molecule has 2 atom stereocenters. The lowest BCUT2D eigenvalue weighted by molar-refractivity contribution is -0.141. The standard InChI is InChI=1S/C23H24O5/c1-23(2)27-16-22(28-23)15-25-20-11-7-18(8-12-20)4-3-17-5-9-19(10-6-17)24-13-21-14-26-21/h5-12,21-22H,13-16H2,1-2H3/t21-,22-/m0/s1. The summed E-state index contributed by atoms with van der Waals surface area (Å²) in [5.74, 6) is 7.43. The maximum absolute atomic E-state index is 5.78. The fraction of sp³-hybridized carbons (Fsp3) is 0.391. The lowest BCUT2D eigenvalue weighted by Gasteiger charge is -2.17. The Labute approximate surface area is 165 Å². The van der Waals surface area contributed by atoms with E-state index in [9.17, 15) is 0 Å². The molecular formula is C23H24O5. The van der Waals surface area contributed by atoms with Crippen LogP contribution >= 0.6 is 0 Å². The molecule has 28 heavy (non-hydrogen) atoms. The van der Waals surface area contributed by atoms with Gasteiger partial charge in [-0.1, -0.05) is 11.8 Å². The molecule has 4 rings (SSSR count). The van der Waals surface area contributed by atoms with E-state index in [4.69, 9.17) is 23.7 Å². The number of ether oxygens (including phenoxy) is 5.